The first-order chi connectivity index (χ1) is 8.71. The summed E-state index contributed by atoms with van der Waals surface area (Å²) in [5, 5.41) is 0. The van der Waals surface area contributed by atoms with Crippen LogP contribution in [0.1, 0.15) is 36.6 Å². The normalized spacial score (nSPS) is 24.2. The lowest BCUT2D eigenvalue weighted by Gasteiger charge is -2.23. The third kappa shape index (κ3) is 3.24. The molecule has 0 aliphatic carbocycles. The molecular weight excluding hydrogens is 267 g/mol. The van der Waals surface area contributed by atoms with Crippen molar-refractivity contribution in [3.8, 4) is 0 Å². The van der Waals surface area contributed by atoms with E-state index >= 15 is 0 Å². The summed E-state index contributed by atoms with van der Waals surface area (Å²) in [4.78, 5) is 0. The molecule has 1 atom stereocenters. The van der Waals surface area contributed by atoms with Crippen molar-refractivity contribution in [2.24, 2.45) is 0 Å². The van der Waals surface area contributed by atoms with Crippen molar-refractivity contribution in [3.05, 3.63) is 23.5 Å². The molecule has 1 aliphatic heterocycles. The number of alkyl halides is 3. The average Bonchev–Trinajstić information content (AvgIpc) is 2.55. The molecule has 1 saturated heterocycles. The third-order valence-corrected chi connectivity index (χ3v) is 7.67. The van der Waals surface area contributed by atoms with Crippen LogP contribution in [0.3, 0.4) is 0 Å². The third-order valence-electron chi connectivity index (χ3n) is 4.32. The summed E-state index contributed by atoms with van der Waals surface area (Å²) in [7, 11) is -1.17. The van der Waals surface area contributed by atoms with Crippen LogP contribution in [0.2, 0.25) is 25.2 Å². The molecule has 1 aliphatic rings. The van der Waals surface area contributed by atoms with Crippen molar-refractivity contribution < 1.29 is 13.2 Å². The highest BCUT2D eigenvalue weighted by atomic mass is 28.3. The smallest absolute Gasteiger partial charge is 0.341 e. The molecule has 0 amide bonds. The van der Waals surface area contributed by atoms with Crippen LogP contribution in [0.5, 0.6) is 0 Å². The number of aryl methyl sites for hydroxylation is 1. The summed E-state index contributed by atoms with van der Waals surface area (Å²) in [5.41, 5.74) is -0.105. The quantitative estimate of drug-likeness (QED) is 0.622. The molecule has 19 heavy (non-hydrogen) atoms. The van der Waals surface area contributed by atoms with Gasteiger partial charge < -0.3 is 4.57 Å². The maximum atomic E-state index is 13.1. The van der Waals surface area contributed by atoms with E-state index in [2.05, 4.69) is 13.1 Å². The molecule has 1 fully saturated rings. The van der Waals surface area contributed by atoms with E-state index in [-0.39, 0.29) is 6.04 Å². The van der Waals surface area contributed by atoms with Gasteiger partial charge in [0.1, 0.15) is 5.69 Å². The second kappa shape index (κ2) is 5.00. The van der Waals surface area contributed by atoms with Crippen molar-refractivity contribution in [2.75, 3.05) is 0 Å². The summed E-state index contributed by atoms with van der Waals surface area (Å²) >= 11 is 0. The van der Waals surface area contributed by atoms with Gasteiger partial charge in [-0.2, -0.15) is 13.2 Å². The molecule has 0 bridgehead atoms. The minimum Gasteiger partial charge on any atom is -0.341 e. The van der Waals surface area contributed by atoms with E-state index in [0.717, 1.165) is 25.3 Å². The fourth-order valence-corrected chi connectivity index (χ4v) is 5.67. The number of nitrogens with zero attached hydrogens (tertiary/aromatic N) is 1. The van der Waals surface area contributed by atoms with E-state index in [4.69, 9.17) is 0 Å². The molecule has 2 rings (SSSR count). The standard InChI is InChI=1S/C14H22F3NSi/c1-11-6-8-18(13(11)14(15,16)17)12-5-4-9-19(2,3)10-7-12/h6,8,12H,4-5,7,9-10H2,1-3H3. The van der Waals surface area contributed by atoms with Gasteiger partial charge in [0.05, 0.1) is 0 Å². The molecule has 1 aromatic rings. The predicted octanol–water partition coefficient (Wildman–Crippen LogP) is 5.25. The van der Waals surface area contributed by atoms with E-state index < -0.39 is 19.9 Å². The highest BCUT2D eigenvalue weighted by molar-refractivity contribution is 6.77. The number of hydrogen-bond acceptors (Lipinski definition) is 0. The molecule has 108 valence electrons. The minimum absolute atomic E-state index is 0.0274. The Morgan fingerprint density at radius 2 is 1.89 bits per heavy atom. The van der Waals surface area contributed by atoms with Gasteiger partial charge in [-0.25, -0.2) is 0 Å². The lowest BCUT2D eigenvalue weighted by Crippen LogP contribution is -2.23. The summed E-state index contributed by atoms with van der Waals surface area (Å²) < 4.78 is 40.9. The summed E-state index contributed by atoms with van der Waals surface area (Å²) in [5.74, 6) is 0. The van der Waals surface area contributed by atoms with E-state index in [1.807, 2.05) is 0 Å². The average molecular weight is 289 g/mol. The second-order valence-electron chi connectivity index (χ2n) is 6.50. The SMILES string of the molecule is Cc1ccn(C2CCC[Si](C)(C)CC2)c1C(F)(F)F. The van der Waals surface area contributed by atoms with Crippen molar-refractivity contribution in [3.63, 3.8) is 0 Å². The Kier molecular flexibility index (Phi) is 3.87. The second-order valence-corrected chi connectivity index (χ2v) is 11.8. The topological polar surface area (TPSA) is 4.93 Å². The van der Waals surface area contributed by atoms with Gasteiger partial charge in [-0.3, -0.25) is 0 Å². The molecule has 0 spiro atoms. The molecule has 1 nitrogen and oxygen atoms in total. The monoisotopic (exact) mass is 289 g/mol. The first-order valence-electron chi connectivity index (χ1n) is 6.95. The van der Waals surface area contributed by atoms with E-state index in [0.29, 0.717) is 5.56 Å². The van der Waals surface area contributed by atoms with Crippen molar-refractivity contribution in [1.82, 2.24) is 4.57 Å². The first-order valence-corrected chi connectivity index (χ1v) is 10.4. The molecule has 5 heteroatoms. The molecule has 1 unspecified atom stereocenters. The summed E-state index contributed by atoms with van der Waals surface area (Å²) in [6.45, 7) is 6.25. The van der Waals surface area contributed by atoms with Gasteiger partial charge in [0.15, 0.2) is 0 Å². The fraction of sp³-hybridized carbons (Fsp3) is 0.714. The summed E-state index contributed by atoms with van der Waals surface area (Å²) in [6.07, 6.45) is 0.234. The molecular formula is C14H22F3NSi. The molecule has 1 aromatic heterocycles. The summed E-state index contributed by atoms with van der Waals surface area (Å²) in [6, 6.07) is 3.99. The number of rotatable bonds is 1. The van der Waals surface area contributed by atoms with Crippen molar-refractivity contribution in [2.45, 2.75) is 63.6 Å². The van der Waals surface area contributed by atoms with E-state index in [1.165, 1.54) is 10.6 Å². The van der Waals surface area contributed by atoms with Crippen LogP contribution in [0, 0.1) is 6.92 Å². The molecule has 0 aromatic carbocycles. The Hall–Kier alpha value is -0.713. The van der Waals surface area contributed by atoms with Crippen molar-refractivity contribution in [1.29, 1.82) is 0 Å². The molecule has 0 saturated carbocycles. The van der Waals surface area contributed by atoms with Crippen LogP contribution in [0.15, 0.2) is 12.3 Å². The van der Waals surface area contributed by atoms with Crippen LogP contribution in [0.25, 0.3) is 0 Å². The number of aromatic nitrogens is 1. The Labute approximate surface area is 113 Å². The van der Waals surface area contributed by atoms with Crippen LogP contribution in [0.4, 0.5) is 13.2 Å². The van der Waals surface area contributed by atoms with Gasteiger partial charge in [0.2, 0.25) is 0 Å². The van der Waals surface area contributed by atoms with Crippen LogP contribution >= 0.6 is 0 Å². The van der Waals surface area contributed by atoms with E-state index in [9.17, 15) is 13.2 Å². The Morgan fingerprint density at radius 3 is 2.53 bits per heavy atom. The van der Waals surface area contributed by atoms with E-state index in [1.54, 1.807) is 19.2 Å². The molecule has 0 N–H and O–H groups in total. The Bertz CT molecular complexity index is 448. The zero-order valence-electron chi connectivity index (χ0n) is 11.8. The van der Waals surface area contributed by atoms with Crippen molar-refractivity contribution >= 4 is 8.07 Å². The van der Waals surface area contributed by atoms with Gasteiger partial charge in [-0.1, -0.05) is 31.6 Å². The molecule has 2 heterocycles. The minimum atomic E-state index is -4.24. The number of hydrogen-bond donors (Lipinski definition) is 0. The zero-order valence-corrected chi connectivity index (χ0v) is 12.8. The highest BCUT2D eigenvalue weighted by Crippen LogP contribution is 2.39. The lowest BCUT2D eigenvalue weighted by molar-refractivity contribution is -0.144. The van der Waals surface area contributed by atoms with Gasteiger partial charge in [0.25, 0.3) is 0 Å². The first kappa shape index (κ1) is 14.7. The maximum absolute atomic E-state index is 13.1. The Morgan fingerprint density at radius 1 is 1.21 bits per heavy atom. The zero-order chi connectivity index (χ0) is 14.3. The van der Waals surface area contributed by atoms with Crippen LogP contribution < -0.4 is 0 Å². The van der Waals surface area contributed by atoms with Gasteiger partial charge in [0, 0.05) is 20.3 Å². The lowest BCUT2D eigenvalue weighted by atomic mass is 10.1. The highest BCUT2D eigenvalue weighted by Gasteiger charge is 2.38. The largest absolute Gasteiger partial charge is 0.431 e. The Balaban J connectivity index is 2.28. The predicted molar refractivity (Wildman–Crippen MR) is 74.2 cm³/mol. The van der Waals surface area contributed by atoms with Crippen LogP contribution in [-0.2, 0) is 6.18 Å². The van der Waals surface area contributed by atoms with Gasteiger partial charge in [-0.15, -0.1) is 0 Å². The maximum Gasteiger partial charge on any atom is 0.431 e. The van der Waals surface area contributed by atoms with Gasteiger partial charge >= 0.3 is 6.18 Å². The fourth-order valence-electron chi connectivity index (χ4n) is 3.14. The number of halogens is 3. The molecule has 0 radical (unpaired) electrons. The van der Waals surface area contributed by atoms with Crippen LogP contribution in [-0.4, -0.2) is 12.6 Å². The van der Waals surface area contributed by atoms with Gasteiger partial charge in [-0.05, 0) is 31.4 Å².